The lowest BCUT2D eigenvalue weighted by Crippen LogP contribution is -2.35. The van der Waals surface area contributed by atoms with Gasteiger partial charge in [-0.05, 0) is 30.4 Å². The fourth-order valence-electron chi connectivity index (χ4n) is 2.06. The van der Waals surface area contributed by atoms with E-state index in [1.807, 2.05) is 24.3 Å². The van der Waals surface area contributed by atoms with Gasteiger partial charge in [0.15, 0.2) is 0 Å². The second-order valence-corrected chi connectivity index (χ2v) is 5.09. The van der Waals surface area contributed by atoms with Gasteiger partial charge in [-0.25, -0.2) is 0 Å². The van der Waals surface area contributed by atoms with Crippen LogP contribution in [0.1, 0.15) is 44.6 Å². The molecule has 2 nitrogen and oxygen atoms in total. The fourth-order valence-corrected chi connectivity index (χ4v) is 2.39. The first kappa shape index (κ1) is 14.5. The summed E-state index contributed by atoms with van der Waals surface area (Å²) in [6.45, 7) is 4.15. The molecule has 3 unspecified atom stereocenters. The quantitative estimate of drug-likeness (QED) is 0.819. The van der Waals surface area contributed by atoms with Gasteiger partial charge in [0.2, 0.25) is 0 Å². The van der Waals surface area contributed by atoms with Gasteiger partial charge < -0.3 is 10.8 Å². The molecule has 0 amide bonds. The Morgan fingerprint density at radius 1 is 1.35 bits per heavy atom. The van der Waals surface area contributed by atoms with Gasteiger partial charge in [0.1, 0.15) is 0 Å². The van der Waals surface area contributed by atoms with Gasteiger partial charge in [-0.3, -0.25) is 0 Å². The monoisotopic (exact) mass is 255 g/mol. The Balaban J connectivity index is 2.60. The Morgan fingerprint density at radius 2 is 2.00 bits per heavy atom. The van der Waals surface area contributed by atoms with E-state index in [4.69, 9.17) is 17.3 Å². The van der Waals surface area contributed by atoms with Crippen molar-refractivity contribution in [2.75, 3.05) is 0 Å². The maximum Gasteiger partial charge on any atom is 0.0696 e. The number of aliphatic hydroxyl groups excluding tert-OH is 1. The van der Waals surface area contributed by atoms with Crippen LogP contribution in [0.3, 0.4) is 0 Å². The van der Waals surface area contributed by atoms with Crippen LogP contribution >= 0.6 is 11.6 Å². The van der Waals surface area contributed by atoms with Crippen LogP contribution < -0.4 is 5.73 Å². The van der Waals surface area contributed by atoms with Crippen molar-refractivity contribution in [3.63, 3.8) is 0 Å². The molecule has 17 heavy (non-hydrogen) atoms. The molecule has 0 spiro atoms. The summed E-state index contributed by atoms with van der Waals surface area (Å²) in [6.07, 6.45) is 2.06. The number of halogens is 1. The van der Waals surface area contributed by atoms with Crippen molar-refractivity contribution in [1.29, 1.82) is 0 Å². The first-order valence-electron chi connectivity index (χ1n) is 6.24. The molecule has 0 aliphatic heterocycles. The van der Waals surface area contributed by atoms with E-state index in [-0.39, 0.29) is 12.0 Å². The summed E-state index contributed by atoms with van der Waals surface area (Å²) in [5.41, 5.74) is 6.99. The molecular formula is C14H22ClNO. The van der Waals surface area contributed by atoms with Crippen LogP contribution in [0.2, 0.25) is 5.02 Å². The van der Waals surface area contributed by atoms with Crippen molar-refractivity contribution in [1.82, 2.24) is 0 Å². The zero-order chi connectivity index (χ0) is 12.8. The maximum atomic E-state index is 10.0. The summed E-state index contributed by atoms with van der Waals surface area (Å²) in [5.74, 6) is 0.224. The van der Waals surface area contributed by atoms with Crippen molar-refractivity contribution in [3.05, 3.63) is 34.9 Å². The minimum atomic E-state index is -0.457. The molecule has 1 rings (SSSR count). The molecule has 1 aromatic carbocycles. The SMILES string of the molecule is CCCC(N)C(O)CC(C)c1ccccc1Cl. The first-order chi connectivity index (χ1) is 8.06. The van der Waals surface area contributed by atoms with E-state index < -0.39 is 6.10 Å². The highest BCUT2D eigenvalue weighted by Crippen LogP contribution is 2.28. The van der Waals surface area contributed by atoms with E-state index in [1.54, 1.807) is 0 Å². The maximum absolute atomic E-state index is 10.0. The zero-order valence-electron chi connectivity index (χ0n) is 10.6. The number of aliphatic hydroxyl groups is 1. The van der Waals surface area contributed by atoms with Crippen LogP contribution in [0, 0.1) is 0 Å². The summed E-state index contributed by atoms with van der Waals surface area (Å²) >= 11 is 6.13. The molecule has 1 aromatic rings. The largest absolute Gasteiger partial charge is 0.391 e. The molecular weight excluding hydrogens is 234 g/mol. The Kier molecular flexibility index (Phi) is 5.96. The van der Waals surface area contributed by atoms with E-state index in [0.717, 1.165) is 23.4 Å². The van der Waals surface area contributed by atoms with E-state index in [9.17, 15) is 5.11 Å². The second-order valence-electron chi connectivity index (χ2n) is 4.68. The standard InChI is InChI=1S/C14H22ClNO/c1-3-6-13(16)14(17)9-10(2)11-7-4-5-8-12(11)15/h4-5,7-8,10,13-14,17H,3,6,9,16H2,1-2H3. The van der Waals surface area contributed by atoms with Gasteiger partial charge in [-0.1, -0.05) is 50.1 Å². The molecule has 3 N–H and O–H groups in total. The average Bonchev–Trinajstić information content (AvgIpc) is 2.29. The zero-order valence-corrected chi connectivity index (χ0v) is 11.3. The second kappa shape index (κ2) is 7.00. The molecule has 0 aliphatic rings. The average molecular weight is 256 g/mol. The van der Waals surface area contributed by atoms with Crippen LogP contribution in [-0.4, -0.2) is 17.3 Å². The summed E-state index contributed by atoms with van der Waals surface area (Å²) in [7, 11) is 0. The number of hydrogen-bond acceptors (Lipinski definition) is 2. The topological polar surface area (TPSA) is 46.2 Å². The van der Waals surface area contributed by atoms with Crippen LogP contribution in [0.15, 0.2) is 24.3 Å². The first-order valence-corrected chi connectivity index (χ1v) is 6.62. The Hall–Kier alpha value is -0.570. The molecule has 0 aromatic heterocycles. The molecule has 0 aliphatic carbocycles. The van der Waals surface area contributed by atoms with Gasteiger partial charge >= 0.3 is 0 Å². The lowest BCUT2D eigenvalue weighted by Gasteiger charge is -2.22. The van der Waals surface area contributed by atoms with Crippen molar-refractivity contribution in [3.8, 4) is 0 Å². The third-order valence-electron chi connectivity index (χ3n) is 3.15. The van der Waals surface area contributed by atoms with Gasteiger partial charge in [0.05, 0.1) is 6.10 Å². The summed E-state index contributed by atoms with van der Waals surface area (Å²) in [6, 6.07) is 7.63. The molecule has 3 atom stereocenters. The summed E-state index contributed by atoms with van der Waals surface area (Å²) < 4.78 is 0. The molecule has 0 bridgehead atoms. The Morgan fingerprint density at radius 3 is 2.59 bits per heavy atom. The van der Waals surface area contributed by atoms with Crippen molar-refractivity contribution >= 4 is 11.6 Å². The minimum absolute atomic E-state index is 0.134. The van der Waals surface area contributed by atoms with E-state index in [2.05, 4.69) is 13.8 Å². The molecule has 3 heteroatoms. The van der Waals surface area contributed by atoms with Crippen molar-refractivity contribution in [2.24, 2.45) is 5.73 Å². The van der Waals surface area contributed by atoms with Gasteiger partial charge in [-0.2, -0.15) is 0 Å². The molecule has 0 saturated heterocycles. The molecule has 0 heterocycles. The van der Waals surface area contributed by atoms with E-state index >= 15 is 0 Å². The minimum Gasteiger partial charge on any atom is -0.391 e. The van der Waals surface area contributed by atoms with Crippen molar-refractivity contribution in [2.45, 2.75) is 51.2 Å². The summed E-state index contributed by atoms with van der Waals surface area (Å²) in [5, 5.41) is 10.8. The van der Waals surface area contributed by atoms with Crippen molar-refractivity contribution < 1.29 is 5.11 Å². The normalized spacial score (nSPS) is 16.5. The van der Waals surface area contributed by atoms with Gasteiger partial charge in [0.25, 0.3) is 0 Å². The number of rotatable bonds is 6. The van der Waals surface area contributed by atoms with E-state index in [0.29, 0.717) is 6.42 Å². The number of hydrogen-bond donors (Lipinski definition) is 2. The highest BCUT2D eigenvalue weighted by atomic mass is 35.5. The smallest absolute Gasteiger partial charge is 0.0696 e. The predicted octanol–water partition coefficient (Wildman–Crippen LogP) is 3.32. The predicted molar refractivity (Wildman–Crippen MR) is 73.4 cm³/mol. The fraction of sp³-hybridized carbons (Fsp3) is 0.571. The van der Waals surface area contributed by atoms with Crippen LogP contribution in [0.5, 0.6) is 0 Å². The van der Waals surface area contributed by atoms with Gasteiger partial charge in [-0.15, -0.1) is 0 Å². The molecule has 0 radical (unpaired) electrons. The molecule has 96 valence electrons. The van der Waals surface area contributed by atoms with Crippen LogP contribution in [-0.2, 0) is 0 Å². The van der Waals surface area contributed by atoms with Crippen LogP contribution in [0.25, 0.3) is 0 Å². The lowest BCUT2D eigenvalue weighted by molar-refractivity contribution is 0.124. The van der Waals surface area contributed by atoms with E-state index in [1.165, 1.54) is 0 Å². The summed E-state index contributed by atoms with van der Waals surface area (Å²) in [4.78, 5) is 0. The molecule has 0 saturated carbocycles. The highest BCUT2D eigenvalue weighted by Gasteiger charge is 2.19. The van der Waals surface area contributed by atoms with Crippen LogP contribution in [0.4, 0.5) is 0 Å². The number of nitrogens with two attached hydrogens (primary N) is 1. The third-order valence-corrected chi connectivity index (χ3v) is 3.49. The van der Waals surface area contributed by atoms with Gasteiger partial charge in [0, 0.05) is 11.1 Å². The highest BCUT2D eigenvalue weighted by molar-refractivity contribution is 6.31. The Labute approximate surface area is 109 Å². The Bertz CT molecular complexity index is 343. The lowest BCUT2D eigenvalue weighted by atomic mass is 9.91. The molecule has 0 fully saturated rings. The third kappa shape index (κ3) is 4.30. The number of benzene rings is 1.